The number of carbonyl (C=O) groups is 1. The van der Waals surface area contributed by atoms with E-state index < -0.39 is 0 Å². The van der Waals surface area contributed by atoms with Gasteiger partial charge in [-0.15, -0.1) is 11.3 Å². The Morgan fingerprint density at radius 3 is 2.87 bits per heavy atom. The van der Waals surface area contributed by atoms with Crippen LogP contribution in [0, 0.1) is 0 Å². The minimum absolute atomic E-state index is 0.147. The maximum atomic E-state index is 11.7. The summed E-state index contributed by atoms with van der Waals surface area (Å²) in [5.74, 6) is 0.412. The molecule has 0 spiro atoms. The third-order valence-corrected chi connectivity index (χ3v) is 4.43. The number of nitrogens with one attached hydrogen (secondary N) is 1. The molecule has 7 heteroatoms. The number of carbonyl (C=O) groups excluding carboxylic acids is 1. The van der Waals surface area contributed by atoms with Crippen molar-refractivity contribution in [2.24, 2.45) is 5.10 Å². The van der Waals surface area contributed by atoms with Crippen LogP contribution in [0.5, 0.6) is 5.75 Å². The fraction of sp³-hybridized carbons (Fsp3) is 0.250. The van der Waals surface area contributed by atoms with Gasteiger partial charge in [-0.3, -0.25) is 4.79 Å². The molecule has 0 aliphatic rings. The highest BCUT2D eigenvalue weighted by molar-refractivity contribution is 7.12. The summed E-state index contributed by atoms with van der Waals surface area (Å²) in [4.78, 5) is 12.8. The van der Waals surface area contributed by atoms with Gasteiger partial charge in [0.25, 0.3) is 0 Å². The van der Waals surface area contributed by atoms with Gasteiger partial charge in [0.1, 0.15) is 5.75 Å². The van der Waals surface area contributed by atoms with Gasteiger partial charge in [-0.05, 0) is 43.0 Å². The molecule has 1 amide bonds. The lowest BCUT2D eigenvalue weighted by Gasteiger charge is -2.07. The summed E-state index contributed by atoms with van der Waals surface area (Å²) in [6.07, 6.45) is 0.894. The molecule has 0 bridgehead atoms. The van der Waals surface area contributed by atoms with E-state index in [4.69, 9.17) is 27.9 Å². The van der Waals surface area contributed by atoms with Crippen LogP contribution < -0.4 is 10.2 Å². The second kappa shape index (κ2) is 8.91. The number of ether oxygens (including phenoxy) is 1. The SMILES string of the molecule is C/C(=N\NC(=O)CCCOc1ccc(Cl)cc1Cl)c1cccs1. The van der Waals surface area contributed by atoms with E-state index >= 15 is 0 Å². The quantitative estimate of drug-likeness (QED) is 0.434. The van der Waals surface area contributed by atoms with Crippen LogP contribution in [0.4, 0.5) is 0 Å². The monoisotopic (exact) mass is 370 g/mol. The minimum atomic E-state index is -0.147. The Morgan fingerprint density at radius 2 is 2.17 bits per heavy atom. The molecule has 2 aromatic rings. The van der Waals surface area contributed by atoms with Gasteiger partial charge < -0.3 is 4.74 Å². The molecule has 0 saturated carbocycles. The van der Waals surface area contributed by atoms with Crippen LogP contribution in [0.2, 0.25) is 10.0 Å². The van der Waals surface area contributed by atoms with Crippen LogP contribution in [-0.4, -0.2) is 18.2 Å². The number of hydrogen-bond acceptors (Lipinski definition) is 4. The summed E-state index contributed by atoms with van der Waals surface area (Å²) in [5, 5.41) is 7.06. The largest absolute Gasteiger partial charge is 0.492 e. The van der Waals surface area contributed by atoms with Crippen molar-refractivity contribution in [3.05, 3.63) is 50.6 Å². The van der Waals surface area contributed by atoms with Gasteiger partial charge in [-0.1, -0.05) is 29.3 Å². The highest BCUT2D eigenvalue weighted by Gasteiger charge is 2.05. The van der Waals surface area contributed by atoms with Crippen LogP contribution >= 0.6 is 34.5 Å². The predicted octanol–water partition coefficient (Wildman–Crippen LogP) is 4.75. The fourth-order valence-electron chi connectivity index (χ4n) is 1.75. The van der Waals surface area contributed by atoms with Crippen LogP contribution in [0.15, 0.2) is 40.8 Å². The summed E-state index contributed by atoms with van der Waals surface area (Å²) in [6.45, 7) is 2.25. The van der Waals surface area contributed by atoms with E-state index in [1.165, 1.54) is 0 Å². The first-order valence-electron chi connectivity index (χ1n) is 7.01. The number of hydrazone groups is 1. The van der Waals surface area contributed by atoms with Crippen LogP contribution in [-0.2, 0) is 4.79 Å². The molecular formula is C16H16Cl2N2O2S. The number of rotatable bonds is 7. The zero-order valence-corrected chi connectivity index (χ0v) is 14.8. The number of thiophene rings is 1. The van der Waals surface area contributed by atoms with Gasteiger partial charge in [-0.25, -0.2) is 5.43 Å². The molecule has 0 aliphatic carbocycles. The first-order chi connectivity index (χ1) is 11.1. The van der Waals surface area contributed by atoms with E-state index in [1.807, 2.05) is 24.4 Å². The number of benzene rings is 1. The van der Waals surface area contributed by atoms with Gasteiger partial charge in [0.2, 0.25) is 5.91 Å². The molecule has 0 unspecified atom stereocenters. The van der Waals surface area contributed by atoms with E-state index in [-0.39, 0.29) is 5.91 Å². The van der Waals surface area contributed by atoms with Gasteiger partial charge in [0.15, 0.2) is 0 Å². The van der Waals surface area contributed by atoms with Crippen molar-refractivity contribution in [2.45, 2.75) is 19.8 Å². The van der Waals surface area contributed by atoms with E-state index in [9.17, 15) is 4.79 Å². The van der Waals surface area contributed by atoms with Crippen molar-refractivity contribution in [2.75, 3.05) is 6.61 Å². The molecule has 122 valence electrons. The highest BCUT2D eigenvalue weighted by Crippen LogP contribution is 2.27. The van der Waals surface area contributed by atoms with Crippen LogP contribution in [0.3, 0.4) is 0 Å². The molecule has 2 rings (SSSR count). The van der Waals surface area contributed by atoms with Crippen molar-refractivity contribution < 1.29 is 9.53 Å². The summed E-state index contributed by atoms with van der Waals surface area (Å²) in [6, 6.07) is 8.93. The van der Waals surface area contributed by atoms with Crippen molar-refractivity contribution in [1.82, 2.24) is 5.43 Å². The van der Waals surface area contributed by atoms with Crippen molar-refractivity contribution in [3.63, 3.8) is 0 Å². The first kappa shape index (κ1) is 17.8. The highest BCUT2D eigenvalue weighted by atomic mass is 35.5. The molecular weight excluding hydrogens is 355 g/mol. The second-order valence-corrected chi connectivity index (χ2v) is 6.53. The average molecular weight is 371 g/mol. The molecule has 1 aromatic heterocycles. The standard InChI is InChI=1S/C16H16Cl2N2O2S/c1-11(15-4-3-9-23-15)19-20-16(21)5-2-8-22-14-7-6-12(17)10-13(14)18/h3-4,6-7,9-10H,2,5,8H2,1H3,(H,20,21)/b19-11+. The molecule has 1 N–H and O–H groups in total. The predicted molar refractivity (Wildman–Crippen MR) is 95.9 cm³/mol. The van der Waals surface area contributed by atoms with Gasteiger partial charge in [0, 0.05) is 16.3 Å². The van der Waals surface area contributed by atoms with Crippen LogP contribution in [0.1, 0.15) is 24.6 Å². The Balaban J connectivity index is 1.70. The van der Waals surface area contributed by atoms with Crippen molar-refractivity contribution >= 4 is 46.2 Å². The Labute approximate surface area is 149 Å². The van der Waals surface area contributed by atoms with E-state index in [0.29, 0.717) is 35.2 Å². The third kappa shape index (κ3) is 5.86. The molecule has 1 heterocycles. The Hall–Kier alpha value is -1.56. The molecule has 1 aromatic carbocycles. The maximum absolute atomic E-state index is 11.7. The van der Waals surface area contributed by atoms with Crippen molar-refractivity contribution in [3.8, 4) is 5.75 Å². The Bertz CT molecular complexity index is 687. The molecule has 23 heavy (non-hydrogen) atoms. The third-order valence-electron chi connectivity index (χ3n) is 2.93. The second-order valence-electron chi connectivity index (χ2n) is 4.74. The number of nitrogens with zero attached hydrogens (tertiary/aromatic N) is 1. The Kier molecular flexibility index (Phi) is 6.89. The zero-order chi connectivity index (χ0) is 16.7. The molecule has 0 radical (unpaired) electrons. The average Bonchev–Trinajstić information content (AvgIpc) is 3.05. The van der Waals surface area contributed by atoms with E-state index in [1.54, 1.807) is 29.5 Å². The van der Waals surface area contributed by atoms with Crippen LogP contribution in [0.25, 0.3) is 0 Å². The van der Waals surface area contributed by atoms with Gasteiger partial charge in [-0.2, -0.15) is 5.10 Å². The number of amides is 1. The zero-order valence-electron chi connectivity index (χ0n) is 12.5. The van der Waals surface area contributed by atoms with Crippen molar-refractivity contribution in [1.29, 1.82) is 0 Å². The smallest absolute Gasteiger partial charge is 0.240 e. The molecule has 0 saturated heterocycles. The summed E-state index contributed by atoms with van der Waals surface area (Å²) < 4.78 is 5.52. The first-order valence-corrected chi connectivity index (χ1v) is 8.64. The van der Waals surface area contributed by atoms with E-state index in [2.05, 4.69) is 10.5 Å². The Morgan fingerprint density at radius 1 is 1.35 bits per heavy atom. The molecule has 0 atom stereocenters. The number of halogens is 2. The maximum Gasteiger partial charge on any atom is 0.240 e. The topological polar surface area (TPSA) is 50.7 Å². The summed E-state index contributed by atoms with van der Waals surface area (Å²) in [5.41, 5.74) is 3.33. The lowest BCUT2D eigenvalue weighted by Crippen LogP contribution is -2.19. The molecule has 0 aliphatic heterocycles. The lowest BCUT2D eigenvalue weighted by molar-refractivity contribution is -0.121. The molecule has 0 fully saturated rings. The van der Waals surface area contributed by atoms with Gasteiger partial charge >= 0.3 is 0 Å². The normalized spacial score (nSPS) is 11.3. The summed E-state index contributed by atoms with van der Waals surface area (Å²) >= 11 is 13.4. The van der Waals surface area contributed by atoms with E-state index in [0.717, 1.165) is 10.6 Å². The lowest BCUT2D eigenvalue weighted by atomic mass is 10.3. The summed E-state index contributed by atoms with van der Waals surface area (Å²) in [7, 11) is 0. The fourth-order valence-corrected chi connectivity index (χ4v) is 2.89. The molecule has 4 nitrogen and oxygen atoms in total. The minimum Gasteiger partial charge on any atom is -0.492 e. The van der Waals surface area contributed by atoms with Gasteiger partial charge in [0.05, 0.1) is 17.3 Å². The number of hydrogen-bond donors (Lipinski definition) is 1.